The van der Waals surface area contributed by atoms with Gasteiger partial charge in [0.15, 0.2) is 5.88 Å². The van der Waals surface area contributed by atoms with Crippen molar-refractivity contribution in [3.05, 3.63) is 17.9 Å². The zero-order valence-corrected chi connectivity index (χ0v) is 9.98. The molecular weight excluding hydrogens is 220 g/mol. The van der Waals surface area contributed by atoms with Gasteiger partial charge in [-0.1, -0.05) is 0 Å². The molecule has 1 aliphatic heterocycles. The number of rotatable bonds is 4. The molecule has 17 heavy (non-hydrogen) atoms. The Bertz CT molecular complexity index is 389. The Morgan fingerprint density at radius 2 is 2.47 bits per heavy atom. The largest absolute Gasteiger partial charge is 0.475 e. The van der Waals surface area contributed by atoms with E-state index >= 15 is 0 Å². The van der Waals surface area contributed by atoms with Crippen LogP contribution in [0.2, 0.25) is 0 Å². The van der Waals surface area contributed by atoms with E-state index in [0.29, 0.717) is 11.8 Å². The van der Waals surface area contributed by atoms with E-state index in [1.807, 2.05) is 0 Å². The summed E-state index contributed by atoms with van der Waals surface area (Å²) < 4.78 is 5.14. The first-order chi connectivity index (χ1) is 8.15. The Morgan fingerprint density at radius 3 is 3.12 bits per heavy atom. The second kappa shape index (κ2) is 5.23. The average molecular weight is 238 g/mol. The number of hydrogen-bond donors (Lipinski definition) is 2. The van der Waals surface area contributed by atoms with Crippen molar-refractivity contribution in [2.45, 2.75) is 12.8 Å². The Labute approximate surface area is 100 Å². The van der Waals surface area contributed by atoms with Crippen LogP contribution in [0.15, 0.2) is 16.5 Å². The first-order valence-corrected chi connectivity index (χ1v) is 5.90. The number of furan rings is 1. The summed E-state index contributed by atoms with van der Waals surface area (Å²) >= 11 is 0. The molecule has 1 aliphatic rings. The number of nitrogens with zero attached hydrogens (tertiary/aromatic N) is 1. The van der Waals surface area contributed by atoms with Gasteiger partial charge in [-0.2, -0.15) is 0 Å². The fourth-order valence-corrected chi connectivity index (χ4v) is 2.23. The normalized spacial score (nSPS) is 21.4. The van der Waals surface area contributed by atoms with Crippen LogP contribution in [0.3, 0.4) is 0 Å². The quantitative estimate of drug-likeness (QED) is 0.836. The van der Waals surface area contributed by atoms with Gasteiger partial charge in [0.05, 0.1) is 0 Å². The molecule has 1 unspecified atom stereocenters. The van der Waals surface area contributed by atoms with Crippen LogP contribution in [0, 0.1) is 5.92 Å². The molecule has 0 spiro atoms. The predicted octanol–water partition coefficient (Wildman–Crippen LogP) is 1.73. The topological polar surface area (TPSA) is 65.7 Å². The minimum atomic E-state index is -1.03. The molecule has 0 aliphatic carbocycles. The minimum Gasteiger partial charge on any atom is -0.475 e. The van der Waals surface area contributed by atoms with Gasteiger partial charge in [-0.05, 0) is 38.4 Å². The third-order valence-corrected chi connectivity index (χ3v) is 3.10. The molecular formula is C12H18N2O3. The molecule has 0 amide bonds. The number of likely N-dealkylation sites (tertiary alicyclic amines) is 1. The molecule has 5 nitrogen and oxygen atoms in total. The van der Waals surface area contributed by atoms with Crippen molar-refractivity contribution >= 4 is 11.9 Å². The van der Waals surface area contributed by atoms with Crippen LogP contribution >= 0.6 is 0 Å². The highest BCUT2D eigenvalue weighted by Gasteiger charge is 2.17. The smallest absolute Gasteiger partial charge is 0.371 e. The van der Waals surface area contributed by atoms with Gasteiger partial charge in [-0.3, -0.25) is 0 Å². The molecule has 0 aromatic carbocycles. The highest BCUT2D eigenvalue weighted by atomic mass is 16.4. The maximum Gasteiger partial charge on any atom is 0.371 e. The van der Waals surface area contributed by atoms with Crippen LogP contribution in [0.4, 0.5) is 5.88 Å². The fourth-order valence-electron chi connectivity index (χ4n) is 2.23. The summed E-state index contributed by atoms with van der Waals surface area (Å²) in [7, 11) is 2.13. The number of hydrogen-bond acceptors (Lipinski definition) is 4. The molecule has 0 saturated carbocycles. The van der Waals surface area contributed by atoms with E-state index in [4.69, 9.17) is 9.52 Å². The van der Waals surface area contributed by atoms with Crippen LogP contribution in [0.25, 0.3) is 0 Å². The molecule has 1 aromatic heterocycles. The number of carboxylic acid groups (broad SMARTS) is 1. The van der Waals surface area contributed by atoms with Crippen LogP contribution in [0.5, 0.6) is 0 Å². The first kappa shape index (κ1) is 12.0. The molecule has 2 N–H and O–H groups in total. The van der Waals surface area contributed by atoms with Crippen molar-refractivity contribution in [2.75, 3.05) is 32.0 Å². The van der Waals surface area contributed by atoms with Crippen molar-refractivity contribution in [1.82, 2.24) is 4.90 Å². The molecule has 1 fully saturated rings. The standard InChI is InChI=1S/C12H18N2O3/c1-14-6-2-3-9(8-14)7-13-11-5-4-10(17-11)12(15)16/h4-5,9,13H,2-3,6-8H2,1H3,(H,15,16). The van der Waals surface area contributed by atoms with Gasteiger partial charge < -0.3 is 19.7 Å². The molecule has 2 heterocycles. The van der Waals surface area contributed by atoms with Gasteiger partial charge in [0.2, 0.25) is 5.76 Å². The van der Waals surface area contributed by atoms with Gasteiger partial charge in [0.1, 0.15) is 0 Å². The molecule has 1 atom stereocenters. The SMILES string of the molecule is CN1CCCC(CNc2ccc(C(=O)O)o2)C1. The van der Waals surface area contributed by atoms with Crippen LogP contribution in [0.1, 0.15) is 23.4 Å². The summed E-state index contributed by atoms with van der Waals surface area (Å²) in [6.45, 7) is 3.08. The van der Waals surface area contributed by atoms with Crippen molar-refractivity contribution < 1.29 is 14.3 Å². The summed E-state index contributed by atoms with van der Waals surface area (Å²) in [5.41, 5.74) is 0. The molecule has 5 heteroatoms. The third kappa shape index (κ3) is 3.23. The monoisotopic (exact) mass is 238 g/mol. The first-order valence-electron chi connectivity index (χ1n) is 5.90. The predicted molar refractivity (Wildman–Crippen MR) is 64.4 cm³/mol. The van der Waals surface area contributed by atoms with Crippen LogP contribution in [-0.2, 0) is 0 Å². The Hall–Kier alpha value is -1.49. The van der Waals surface area contributed by atoms with E-state index in [0.717, 1.165) is 13.1 Å². The number of anilines is 1. The third-order valence-electron chi connectivity index (χ3n) is 3.10. The van der Waals surface area contributed by atoms with Gasteiger partial charge >= 0.3 is 5.97 Å². The van der Waals surface area contributed by atoms with E-state index < -0.39 is 5.97 Å². The van der Waals surface area contributed by atoms with Crippen molar-refractivity contribution in [2.24, 2.45) is 5.92 Å². The Morgan fingerprint density at radius 1 is 1.65 bits per heavy atom. The van der Waals surface area contributed by atoms with Crippen molar-refractivity contribution in [1.29, 1.82) is 0 Å². The summed E-state index contributed by atoms with van der Waals surface area (Å²) in [6.07, 6.45) is 2.44. The van der Waals surface area contributed by atoms with E-state index in [9.17, 15) is 4.79 Å². The Kier molecular flexibility index (Phi) is 3.68. The summed E-state index contributed by atoms with van der Waals surface area (Å²) in [6, 6.07) is 3.13. The van der Waals surface area contributed by atoms with E-state index in [1.54, 1.807) is 6.07 Å². The second-order valence-corrected chi connectivity index (χ2v) is 4.62. The summed E-state index contributed by atoms with van der Waals surface area (Å²) in [5, 5.41) is 11.9. The average Bonchev–Trinajstić information content (AvgIpc) is 2.75. The maximum atomic E-state index is 10.6. The number of piperidine rings is 1. The molecule has 2 rings (SSSR count). The zero-order valence-electron chi connectivity index (χ0n) is 9.98. The number of carbonyl (C=O) groups is 1. The van der Waals surface area contributed by atoms with Crippen molar-refractivity contribution in [3.63, 3.8) is 0 Å². The maximum absolute atomic E-state index is 10.6. The summed E-state index contributed by atoms with van der Waals surface area (Å²) in [5.74, 6) is 0.0893. The zero-order chi connectivity index (χ0) is 12.3. The van der Waals surface area contributed by atoms with Crippen molar-refractivity contribution in [3.8, 4) is 0 Å². The lowest BCUT2D eigenvalue weighted by atomic mass is 9.98. The lowest BCUT2D eigenvalue weighted by Gasteiger charge is -2.29. The van der Waals surface area contributed by atoms with E-state index in [2.05, 4.69) is 17.3 Å². The van der Waals surface area contributed by atoms with Crippen LogP contribution < -0.4 is 5.32 Å². The molecule has 94 valence electrons. The van der Waals surface area contributed by atoms with Gasteiger partial charge in [0, 0.05) is 19.2 Å². The lowest BCUT2D eigenvalue weighted by molar-refractivity contribution is 0.0663. The Balaban J connectivity index is 1.82. The van der Waals surface area contributed by atoms with E-state index in [-0.39, 0.29) is 5.76 Å². The molecule has 1 aromatic rings. The molecule has 0 radical (unpaired) electrons. The summed E-state index contributed by atoms with van der Waals surface area (Å²) in [4.78, 5) is 13.0. The number of carboxylic acids is 1. The highest BCUT2D eigenvalue weighted by Crippen LogP contribution is 2.18. The lowest BCUT2D eigenvalue weighted by Crippen LogP contribution is -2.35. The van der Waals surface area contributed by atoms with Gasteiger partial charge in [0.25, 0.3) is 0 Å². The second-order valence-electron chi connectivity index (χ2n) is 4.62. The number of aromatic carboxylic acids is 1. The fraction of sp³-hybridized carbons (Fsp3) is 0.583. The van der Waals surface area contributed by atoms with Gasteiger partial charge in [-0.25, -0.2) is 4.79 Å². The van der Waals surface area contributed by atoms with E-state index in [1.165, 1.54) is 25.5 Å². The van der Waals surface area contributed by atoms with Gasteiger partial charge in [-0.15, -0.1) is 0 Å². The molecule has 0 bridgehead atoms. The number of nitrogens with one attached hydrogen (secondary N) is 1. The highest BCUT2D eigenvalue weighted by molar-refractivity contribution is 5.84. The molecule has 1 saturated heterocycles. The van der Waals surface area contributed by atoms with Crippen LogP contribution in [-0.4, -0.2) is 42.7 Å². The minimum absolute atomic E-state index is 0.0201.